The summed E-state index contributed by atoms with van der Waals surface area (Å²) in [5.74, 6) is 0. The van der Waals surface area contributed by atoms with Crippen LogP contribution in [-0.4, -0.2) is 44.2 Å². The minimum Gasteiger partial charge on any atom is -0.346 e. The monoisotopic (exact) mass is 289 g/mol. The lowest BCUT2D eigenvalue weighted by atomic mass is 10.2. The summed E-state index contributed by atoms with van der Waals surface area (Å²) in [6.07, 6.45) is 10.9. The van der Waals surface area contributed by atoms with Crippen LogP contribution in [-0.2, 0) is 9.47 Å². The van der Waals surface area contributed by atoms with Gasteiger partial charge in [0.1, 0.15) is 5.66 Å². The first-order valence-electron chi connectivity index (χ1n) is 8.25. The molecule has 0 saturated carbocycles. The molecule has 0 aliphatic carbocycles. The Morgan fingerprint density at radius 1 is 0.947 bits per heavy atom. The summed E-state index contributed by atoms with van der Waals surface area (Å²) < 4.78 is 11.8. The maximum Gasteiger partial charge on any atom is 0.194 e. The number of ether oxygens (including phenoxy) is 2. The van der Waals surface area contributed by atoms with Crippen LogP contribution in [0.5, 0.6) is 0 Å². The number of hydrogen-bond acceptors (Lipinski definition) is 2. The highest BCUT2D eigenvalue weighted by molar-refractivity contribution is 7.75. The van der Waals surface area contributed by atoms with E-state index < -0.39 is 7.26 Å². The molecule has 0 amide bonds. The van der Waals surface area contributed by atoms with Gasteiger partial charge in [0.15, 0.2) is 6.29 Å². The standard InChI is InChI=1S/C16H34O2P/c1-5-8-13-19(4,14-9-6-2)15(10-7-3)16-17-11-12-18-16/h15-16H,5-14H2,1-4H3/q+1. The predicted octanol–water partition coefficient (Wildman–Crippen LogP) is 4.78. The minimum atomic E-state index is -0.928. The number of unbranched alkanes of at least 4 members (excludes halogenated alkanes) is 2. The van der Waals surface area contributed by atoms with E-state index in [1.54, 1.807) is 0 Å². The fourth-order valence-electron chi connectivity index (χ4n) is 3.12. The van der Waals surface area contributed by atoms with Gasteiger partial charge in [0.05, 0.1) is 25.5 Å². The molecule has 1 atom stereocenters. The highest BCUT2D eigenvalue weighted by Crippen LogP contribution is 2.63. The molecule has 19 heavy (non-hydrogen) atoms. The quantitative estimate of drug-likeness (QED) is 0.539. The molecule has 0 N–H and O–H groups in total. The fourth-order valence-corrected chi connectivity index (χ4v) is 7.72. The van der Waals surface area contributed by atoms with Crippen molar-refractivity contribution >= 4 is 7.26 Å². The van der Waals surface area contributed by atoms with E-state index in [1.807, 2.05) is 0 Å². The molecule has 0 radical (unpaired) electrons. The summed E-state index contributed by atoms with van der Waals surface area (Å²) in [6, 6.07) is 0. The van der Waals surface area contributed by atoms with Gasteiger partial charge in [0.25, 0.3) is 0 Å². The van der Waals surface area contributed by atoms with Gasteiger partial charge in [-0.1, -0.05) is 40.0 Å². The molecule has 1 saturated heterocycles. The highest BCUT2D eigenvalue weighted by Gasteiger charge is 2.46. The lowest BCUT2D eigenvalue weighted by Gasteiger charge is -2.34. The Bertz CT molecular complexity index is 219. The van der Waals surface area contributed by atoms with Crippen LogP contribution in [0.1, 0.15) is 59.3 Å². The van der Waals surface area contributed by atoms with Crippen molar-refractivity contribution in [2.75, 3.05) is 32.2 Å². The average molecular weight is 289 g/mol. The Morgan fingerprint density at radius 3 is 1.89 bits per heavy atom. The van der Waals surface area contributed by atoms with Crippen molar-refractivity contribution in [2.24, 2.45) is 0 Å². The molecule has 0 bridgehead atoms. The third kappa shape index (κ3) is 5.33. The van der Waals surface area contributed by atoms with Gasteiger partial charge in [-0.05, 0) is 19.3 Å². The molecule has 1 aliphatic rings. The third-order valence-electron chi connectivity index (χ3n) is 4.39. The van der Waals surface area contributed by atoms with Crippen molar-refractivity contribution in [3.63, 3.8) is 0 Å². The van der Waals surface area contributed by atoms with Crippen molar-refractivity contribution in [2.45, 2.75) is 71.2 Å². The molecule has 114 valence electrons. The van der Waals surface area contributed by atoms with E-state index in [2.05, 4.69) is 27.4 Å². The van der Waals surface area contributed by atoms with Crippen LogP contribution in [0.4, 0.5) is 0 Å². The van der Waals surface area contributed by atoms with Crippen LogP contribution in [0, 0.1) is 0 Å². The van der Waals surface area contributed by atoms with Gasteiger partial charge >= 0.3 is 0 Å². The Kier molecular flexibility index (Phi) is 8.53. The van der Waals surface area contributed by atoms with Gasteiger partial charge in [-0.25, -0.2) is 0 Å². The van der Waals surface area contributed by atoms with E-state index >= 15 is 0 Å². The van der Waals surface area contributed by atoms with Crippen molar-refractivity contribution in [1.29, 1.82) is 0 Å². The van der Waals surface area contributed by atoms with Crippen molar-refractivity contribution < 1.29 is 9.47 Å². The molecule has 3 heteroatoms. The molecule has 1 aliphatic heterocycles. The largest absolute Gasteiger partial charge is 0.346 e. The third-order valence-corrected chi connectivity index (χ3v) is 9.17. The van der Waals surface area contributed by atoms with Crippen molar-refractivity contribution in [3.05, 3.63) is 0 Å². The van der Waals surface area contributed by atoms with Crippen LogP contribution < -0.4 is 0 Å². The Morgan fingerprint density at radius 2 is 1.47 bits per heavy atom. The van der Waals surface area contributed by atoms with Crippen LogP contribution >= 0.6 is 7.26 Å². The summed E-state index contributed by atoms with van der Waals surface area (Å²) in [4.78, 5) is 0. The summed E-state index contributed by atoms with van der Waals surface area (Å²) in [5.41, 5.74) is 0.679. The van der Waals surface area contributed by atoms with E-state index in [4.69, 9.17) is 9.47 Å². The van der Waals surface area contributed by atoms with Crippen LogP contribution in [0.3, 0.4) is 0 Å². The van der Waals surface area contributed by atoms with Crippen LogP contribution in [0.25, 0.3) is 0 Å². The molecule has 1 unspecified atom stereocenters. The zero-order valence-corrected chi connectivity index (χ0v) is 14.4. The summed E-state index contributed by atoms with van der Waals surface area (Å²) >= 11 is 0. The molecular formula is C16H34O2P+. The zero-order valence-electron chi connectivity index (χ0n) is 13.5. The van der Waals surface area contributed by atoms with Gasteiger partial charge in [-0.2, -0.15) is 0 Å². The van der Waals surface area contributed by atoms with E-state index in [1.165, 1.54) is 50.8 Å². The average Bonchev–Trinajstić information content (AvgIpc) is 2.94. The second-order valence-electron chi connectivity index (χ2n) is 6.10. The summed E-state index contributed by atoms with van der Waals surface area (Å²) in [7, 11) is -0.928. The van der Waals surface area contributed by atoms with Crippen molar-refractivity contribution in [1.82, 2.24) is 0 Å². The summed E-state index contributed by atoms with van der Waals surface area (Å²) in [5, 5.41) is 0. The molecule has 0 spiro atoms. The Balaban J connectivity index is 2.74. The highest BCUT2D eigenvalue weighted by atomic mass is 31.2. The summed E-state index contributed by atoms with van der Waals surface area (Å²) in [6.45, 7) is 11.1. The second-order valence-corrected chi connectivity index (χ2v) is 10.6. The van der Waals surface area contributed by atoms with E-state index in [0.717, 1.165) is 13.2 Å². The van der Waals surface area contributed by atoms with Gasteiger partial charge in [0, 0.05) is 13.9 Å². The first-order chi connectivity index (χ1) is 9.18. The van der Waals surface area contributed by atoms with Gasteiger partial charge < -0.3 is 9.47 Å². The lowest BCUT2D eigenvalue weighted by molar-refractivity contribution is -0.0447. The lowest BCUT2D eigenvalue weighted by Crippen LogP contribution is -2.32. The normalized spacial score (nSPS) is 18.9. The molecule has 1 heterocycles. The number of rotatable bonds is 10. The zero-order chi connectivity index (χ0) is 14.1. The molecule has 0 aromatic rings. The SMILES string of the molecule is CCCC[P+](C)(CCCC)C(CCC)C1OCCO1. The second kappa shape index (κ2) is 9.32. The smallest absolute Gasteiger partial charge is 0.194 e. The maximum absolute atomic E-state index is 5.88. The van der Waals surface area contributed by atoms with Gasteiger partial charge in [-0.15, -0.1) is 0 Å². The maximum atomic E-state index is 5.88. The molecule has 2 nitrogen and oxygen atoms in total. The fraction of sp³-hybridized carbons (Fsp3) is 1.00. The van der Waals surface area contributed by atoms with Crippen molar-refractivity contribution in [3.8, 4) is 0 Å². The molecule has 1 fully saturated rings. The van der Waals surface area contributed by atoms with Crippen LogP contribution in [0.2, 0.25) is 0 Å². The molecule has 1 rings (SSSR count). The Hall–Kier alpha value is 0.350. The topological polar surface area (TPSA) is 18.5 Å². The van der Waals surface area contributed by atoms with Gasteiger partial charge in [-0.3, -0.25) is 0 Å². The molecular weight excluding hydrogens is 255 g/mol. The first kappa shape index (κ1) is 17.4. The van der Waals surface area contributed by atoms with E-state index in [-0.39, 0.29) is 6.29 Å². The molecule has 0 aromatic heterocycles. The van der Waals surface area contributed by atoms with E-state index in [9.17, 15) is 0 Å². The first-order valence-corrected chi connectivity index (χ1v) is 10.9. The molecule has 0 aromatic carbocycles. The van der Waals surface area contributed by atoms with Crippen LogP contribution in [0.15, 0.2) is 0 Å². The van der Waals surface area contributed by atoms with Gasteiger partial charge in [0.2, 0.25) is 0 Å². The minimum absolute atomic E-state index is 0.104. The number of hydrogen-bond donors (Lipinski definition) is 0. The Labute approximate surface area is 121 Å². The predicted molar refractivity (Wildman–Crippen MR) is 86.8 cm³/mol. The van der Waals surface area contributed by atoms with E-state index in [0.29, 0.717) is 5.66 Å².